The molecule has 6 nitrogen and oxygen atoms in total. The maximum atomic E-state index is 13.3. The highest BCUT2D eigenvalue weighted by atomic mass is 28.4. The molecule has 2 aromatic carbocycles. The molecule has 14 heteroatoms. The highest BCUT2D eigenvalue weighted by molar-refractivity contribution is 6.75. The number of carbonyl (C=O) groups excluding carboxylic acids is 2. The molecule has 0 spiro atoms. The standard InChI is InChI=1S/C28H39F3O2Si.C15H21F3O3Si.C13H18O/c1-27(2,3)34(4,5)33-22-13-8-12-21(17-22)26(32-18-28(29,30)31)25-20-11-9-15-24(25)23-14-7-6-10-19(23)16-20;1-14(2,3)22(4,5)21-12-8-6-7-11(9-12)13(19)20-10-15(16,17)18;14-13-10-5-3-7-12(13)11-6-2-1-4-9(11)8-10/h8,12-13,17,20,24H,6-7,9-11,14-16,18H2,1-5H3;6-9H,10H2,1-5H3;10,12H,1-8H2/b26-25+;;. The second-order valence-electron chi connectivity index (χ2n) is 23.5. The maximum Gasteiger partial charge on any atom is 0.422 e. The summed E-state index contributed by atoms with van der Waals surface area (Å²) in [5.74, 6) is 2.52. The van der Waals surface area contributed by atoms with E-state index in [1.54, 1.807) is 28.9 Å². The average molecular weight is 1020 g/mol. The normalized spacial score (nSPS) is 23.6. The van der Waals surface area contributed by atoms with Crippen LogP contribution in [-0.2, 0) is 14.3 Å². The molecule has 2 aromatic rings. The number of rotatable bonds is 9. The lowest BCUT2D eigenvalue weighted by molar-refractivity contribution is -0.161. The van der Waals surface area contributed by atoms with Gasteiger partial charge in [0.1, 0.15) is 23.0 Å². The van der Waals surface area contributed by atoms with Crippen LogP contribution >= 0.6 is 0 Å². The van der Waals surface area contributed by atoms with Crippen molar-refractivity contribution in [3.63, 3.8) is 0 Å². The number of allylic oxidation sites excluding steroid dienone is 5. The minimum absolute atomic E-state index is 0.0280. The van der Waals surface area contributed by atoms with Crippen LogP contribution in [0.5, 0.6) is 11.5 Å². The number of ether oxygens (including phenoxy) is 2. The van der Waals surface area contributed by atoms with Crippen molar-refractivity contribution in [2.24, 2.45) is 23.7 Å². The fourth-order valence-corrected chi connectivity index (χ4v) is 12.7. The summed E-state index contributed by atoms with van der Waals surface area (Å²) in [7, 11) is -4.17. The predicted octanol–water partition coefficient (Wildman–Crippen LogP) is 17.1. The number of ketones is 1. The van der Waals surface area contributed by atoms with Crippen LogP contribution in [0.15, 0.2) is 76.4 Å². The number of benzene rings is 2. The molecule has 0 saturated heterocycles. The fourth-order valence-electron chi connectivity index (χ4n) is 10.7. The summed E-state index contributed by atoms with van der Waals surface area (Å²) in [5, 5.41) is 0.00113. The van der Waals surface area contributed by atoms with E-state index >= 15 is 0 Å². The summed E-state index contributed by atoms with van der Waals surface area (Å²) >= 11 is 0. The van der Waals surface area contributed by atoms with Crippen molar-refractivity contribution < 1.29 is 54.3 Å². The SMILES string of the molecule is CC(C)(C)[Si](C)(C)Oc1cccc(/C(OCC(F)(F)F)=C2/C3CCCC2C2=C(CCCC2)C3)c1.CC(C)(C)[Si](C)(C)Oc1cccc(C(=O)OCC(F)(F)F)c1.O=C1C2CCCC1C1=C(CCCC1)C2. The van der Waals surface area contributed by atoms with Crippen molar-refractivity contribution in [3.05, 3.63) is 87.5 Å². The third-order valence-electron chi connectivity index (χ3n) is 16.3. The Morgan fingerprint density at radius 1 is 0.571 bits per heavy atom. The number of alkyl halides is 6. The van der Waals surface area contributed by atoms with Gasteiger partial charge >= 0.3 is 18.3 Å². The summed E-state index contributed by atoms with van der Waals surface area (Å²) < 4.78 is 98.6. The average Bonchev–Trinajstić information content (AvgIpc) is 3.25. The van der Waals surface area contributed by atoms with Crippen LogP contribution in [0.4, 0.5) is 26.3 Å². The zero-order valence-electron chi connectivity index (χ0n) is 43.4. The number of Topliss-reactive ketones (excluding diaryl/α,β-unsaturated/α-hetero) is 1. The quantitative estimate of drug-likeness (QED) is 0.0819. The number of esters is 1. The third-order valence-corrected chi connectivity index (χ3v) is 25.0. The Labute approximate surface area is 415 Å². The zero-order chi connectivity index (χ0) is 51.5. The molecule has 70 heavy (non-hydrogen) atoms. The minimum atomic E-state index is -4.54. The largest absolute Gasteiger partial charge is 0.543 e. The molecule has 4 atom stereocenters. The Bertz CT molecular complexity index is 2280. The van der Waals surface area contributed by atoms with E-state index in [2.05, 4.69) is 59.4 Å². The Morgan fingerprint density at radius 3 is 1.54 bits per heavy atom. The first-order valence-electron chi connectivity index (χ1n) is 25.7. The molecular weight excluding hydrogens is 939 g/mol. The van der Waals surface area contributed by atoms with E-state index in [9.17, 15) is 35.9 Å². The Hall–Kier alpha value is -3.79. The van der Waals surface area contributed by atoms with Gasteiger partial charge in [0.2, 0.25) is 16.6 Å². The second-order valence-corrected chi connectivity index (χ2v) is 33.0. The molecule has 0 radical (unpaired) electrons. The van der Waals surface area contributed by atoms with Gasteiger partial charge in [0, 0.05) is 23.3 Å². The highest BCUT2D eigenvalue weighted by Gasteiger charge is 2.43. The molecule has 0 heterocycles. The van der Waals surface area contributed by atoms with Crippen LogP contribution in [0.2, 0.25) is 36.3 Å². The van der Waals surface area contributed by atoms with Gasteiger partial charge in [-0.2, -0.15) is 26.3 Å². The van der Waals surface area contributed by atoms with Crippen molar-refractivity contribution in [1.82, 2.24) is 0 Å². The van der Waals surface area contributed by atoms with Gasteiger partial charge in [-0.25, -0.2) is 4.79 Å². The maximum absolute atomic E-state index is 13.3. The van der Waals surface area contributed by atoms with Gasteiger partial charge in [-0.3, -0.25) is 4.79 Å². The molecule has 4 unspecified atom stereocenters. The minimum Gasteiger partial charge on any atom is -0.543 e. The van der Waals surface area contributed by atoms with Crippen LogP contribution in [0.1, 0.15) is 160 Å². The van der Waals surface area contributed by atoms with Gasteiger partial charge in [0.05, 0.1) is 5.56 Å². The molecule has 6 aliphatic carbocycles. The van der Waals surface area contributed by atoms with Crippen LogP contribution in [0.3, 0.4) is 0 Å². The van der Waals surface area contributed by atoms with Crippen molar-refractivity contribution >= 4 is 34.1 Å². The van der Waals surface area contributed by atoms with Crippen LogP contribution < -0.4 is 8.85 Å². The lowest BCUT2D eigenvalue weighted by atomic mass is 9.62. The Morgan fingerprint density at radius 2 is 1.01 bits per heavy atom. The van der Waals surface area contributed by atoms with Crippen LogP contribution in [0, 0.1) is 23.7 Å². The summed E-state index contributed by atoms with van der Waals surface area (Å²) in [4.78, 5) is 23.7. The van der Waals surface area contributed by atoms with Gasteiger partial charge in [0.15, 0.2) is 13.2 Å². The number of carbonyl (C=O) groups is 2. The summed E-state index contributed by atoms with van der Waals surface area (Å²) in [6.07, 6.45) is 9.90. The van der Waals surface area contributed by atoms with E-state index in [0.717, 1.165) is 62.7 Å². The summed E-state index contributed by atoms with van der Waals surface area (Å²) in [6.45, 7) is 18.4. The van der Waals surface area contributed by atoms with Crippen LogP contribution in [0.25, 0.3) is 5.76 Å². The first kappa shape index (κ1) is 55.5. The van der Waals surface area contributed by atoms with E-state index in [1.165, 1.54) is 69.1 Å². The second kappa shape index (κ2) is 22.1. The van der Waals surface area contributed by atoms with E-state index in [1.807, 2.05) is 37.4 Å². The Balaban J connectivity index is 0.000000190. The molecule has 6 aliphatic rings. The number of halogens is 6. The molecule has 4 bridgehead atoms. The van der Waals surface area contributed by atoms with Gasteiger partial charge in [-0.15, -0.1) is 0 Å². The van der Waals surface area contributed by atoms with Gasteiger partial charge in [-0.05, 0) is 168 Å². The lowest BCUT2D eigenvalue weighted by Gasteiger charge is -2.43. The number of hydrogen-bond acceptors (Lipinski definition) is 6. The van der Waals surface area contributed by atoms with E-state index < -0.39 is 48.2 Å². The van der Waals surface area contributed by atoms with Crippen LogP contribution in [-0.4, -0.2) is 54.0 Å². The zero-order valence-corrected chi connectivity index (χ0v) is 45.4. The van der Waals surface area contributed by atoms with Crippen molar-refractivity contribution in [2.45, 2.75) is 193 Å². The molecule has 8 rings (SSSR count). The fraction of sp³-hybridized carbons (Fsp3) is 0.643. The molecule has 2 fully saturated rings. The monoisotopic (exact) mass is 1020 g/mol. The van der Waals surface area contributed by atoms with E-state index in [0.29, 0.717) is 34.7 Å². The predicted molar refractivity (Wildman–Crippen MR) is 271 cm³/mol. The lowest BCUT2D eigenvalue weighted by Crippen LogP contribution is -2.43. The van der Waals surface area contributed by atoms with Gasteiger partial charge in [0.25, 0.3) is 0 Å². The third kappa shape index (κ3) is 14.2. The highest BCUT2D eigenvalue weighted by Crippen LogP contribution is 2.54. The summed E-state index contributed by atoms with van der Waals surface area (Å²) in [6, 6.07) is 13.7. The van der Waals surface area contributed by atoms with E-state index in [4.69, 9.17) is 13.6 Å². The number of fused-ring (bicyclic) bond motifs is 6. The van der Waals surface area contributed by atoms with Gasteiger partial charge in [-0.1, -0.05) is 94.9 Å². The Kier molecular flexibility index (Phi) is 17.6. The van der Waals surface area contributed by atoms with Gasteiger partial charge < -0.3 is 18.3 Å². The molecule has 0 aromatic heterocycles. The number of hydrogen-bond donors (Lipinski definition) is 0. The van der Waals surface area contributed by atoms with Crippen molar-refractivity contribution in [2.75, 3.05) is 13.2 Å². The smallest absolute Gasteiger partial charge is 0.422 e. The molecular formula is C56H78F6O6Si2. The first-order valence-corrected chi connectivity index (χ1v) is 31.6. The molecule has 388 valence electrons. The van der Waals surface area contributed by atoms with Crippen molar-refractivity contribution in [3.8, 4) is 11.5 Å². The molecule has 0 N–H and O–H groups in total. The van der Waals surface area contributed by atoms with E-state index in [-0.39, 0.29) is 27.5 Å². The molecule has 0 amide bonds. The summed E-state index contributed by atoms with van der Waals surface area (Å²) in [5.41, 5.74) is 8.21. The molecule has 0 aliphatic heterocycles. The topological polar surface area (TPSA) is 71.1 Å². The van der Waals surface area contributed by atoms with Crippen molar-refractivity contribution in [1.29, 1.82) is 0 Å². The first-order chi connectivity index (χ1) is 32.5. The molecule has 2 saturated carbocycles.